The number of carboxylic acids is 2. The Hall–Kier alpha value is -3.12. The normalized spacial score (nSPS) is 20.1. The topological polar surface area (TPSA) is 95.9 Å². The van der Waals surface area contributed by atoms with E-state index in [1.807, 2.05) is 30.3 Å². The lowest BCUT2D eigenvalue weighted by Gasteiger charge is -2.22. The van der Waals surface area contributed by atoms with Gasteiger partial charge in [-0.05, 0) is 54.5 Å². The van der Waals surface area contributed by atoms with Gasteiger partial charge in [-0.25, -0.2) is 0 Å². The van der Waals surface area contributed by atoms with Crippen molar-refractivity contribution in [3.8, 4) is 5.75 Å². The predicted molar refractivity (Wildman–Crippen MR) is 124 cm³/mol. The molecule has 2 aromatic carbocycles. The van der Waals surface area contributed by atoms with E-state index < -0.39 is 23.9 Å². The molecule has 3 rings (SSSR count). The van der Waals surface area contributed by atoms with Crippen molar-refractivity contribution in [2.75, 3.05) is 13.2 Å². The highest BCUT2D eigenvalue weighted by Crippen LogP contribution is 2.36. The Balaban J connectivity index is 1.46. The molecule has 6 nitrogen and oxygen atoms in total. The molecule has 0 spiro atoms. The van der Waals surface area contributed by atoms with E-state index in [0.717, 1.165) is 42.6 Å². The van der Waals surface area contributed by atoms with E-state index in [4.69, 9.17) is 4.74 Å². The Labute approximate surface area is 188 Å². The fourth-order valence-corrected chi connectivity index (χ4v) is 4.32. The number of unbranched alkanes of at least 4 members (excludes halogenated alkanes) is 2. The van der Waals surface area contributed by atoms with Crippen molar-refractivity contribution >= 4 is 17.5 Å². The van der Waals surface area contributed by atoms with Crippen molar-refractivity contribution in [2.45, 2.75) is 38.1 Å². The van der Waals surface area contributed by atoms with Crippen molar-refractivity contribution < 1.29 is 24.5 Å². The standard InChI is InChI=1S/C26H31NO5/c1-18(23-17-27-25(26(30)31)22(23)16-24(28)29)20-11-13-21(14-12-20)32-15-7-3-6-10-19-8-4-2-5-9-19/h2,4-5,8-9,11-14,22-23,25,27H,1,3,6-7,10,15-17H2,(H,28,29)(H,30,31)/t22-,23+,25-/m1/s1. The van der Waals surface area contributed by atoms with Gasteiger partial charge < -0.3 is 20.3 Å². The number of aryl methyl sites for hydroxylation is 1. The van der Waals surface area contributed by atoms with Crippen LogP contribution in [0.2, 0.25) is 0 Å². The molecule has 0 aromatic heterocycles. The summed E-state index contributed by atoms with van der Waals surface area (Å²) in [6.45, 7) is 5.20. The van der Waals surface area contributed by atoms with E-state index in [0.29, 0.717) is 13.2 Å². The molecule has 0 radical (unpaired) electrons. The van der Waals surface area contributed by atoms with Gasteiger partial charge in [-0.1, -0.05) is 49.0 Å². The van der Waals surface area contributed by atoms with Gasteiger partial charge in [-0.2, -0.15) is 0 Å². The Morgan fingerprint density at radius 1 is 1.00 bits per heavy atom. The first kappa shape index (κ1) is 23.5. The summed E-state index contributed by atoms with van der Waals surface area (Å²) in [6.07, 6.45) is 4.10. The van der Waals surface area contributed by atoms with Gasteiger partial charge in [0, 0.05) is 18.4 Å². The molecule has 1 aliphatic rings. The van der Waals surface area contributed by atoms with Gasteiger partial charge in [-0.3, -0.25) is 9.59 Å². The molecule has 0 saturated carbocycles. The minimum Gasteiger partial charge on any atom is -0.494 e. The van der Waals surface area contributed by atoms with Crippen LogP contribution in [0.1, 0.15) is 36.8 Å². The number of hydrogen-bond donors (Lipinski definition) is 3. The number of hydrogen-bond acceptors (Lipinski definition) is 4. The van der Waals surface area contributed by atoms with Crippen LogP contribution in [0.25, 0.3) is 5.57 Å². The maximum absolute atomic E-state index is 11.5. The summed E-state index contributed by atoms with van der Waals surface area (Å²) in [4.78, 5) is 22.7. The van der Waals surface area contributed by atoms with E-state index in [1.165, 1.54) is 5.56 Å². The minimum atomic E-state index is -1.03. The molecule has 0 unspecified atom stereocenters. The van der Waals surface area contributed by atoms with Crippen LogP contribution in [0.4, 0.5) is 0 Å². The lowest BCUT2D eigenvalue weighted by Crippen LogP contribution is -2.36. The highest BCUT2D eigenvalue weighted by atomic mass is 16.5. The monoisotopic (exact) mass is 437 g/mol. The highest BCUT2D eigenvalue weighted by Gasteiger charge is 2.42. The van der Waals surface area contributed by atoms with Crippen molar-refractivity contribution in [1.82, 2.24) is 5.32 Å². The third-order valence-corrected chi connectivity index (χ3v) is 6.07. The predicted octanol–water partition coefficient (Wildman–Crippen LogP) is 4.26. The first-order valence-corrected chi connectivity index (χ1v) is 11.1. The average molecular weight is 438 g/mol. The molecule has 3 N–H and O–H groups in total. The Morgan fingerprint density at radius 3 is 2.38 bits per heavy atom. The number of nitrogens with one attached hydrogen (secondary N) is 1. The van der Waals surface area contributed by atoms with Crippen LogP contribution < -0.4 is 10.1 Å². The third kappa shape index (κ3) is 6.44. The van der Waals surface area contributed by atoms with Gasteiger partial charge in [0.05, 0.1) is 13.0 Å². The quantitative estimate of drug-likeness (QED) is 0.430. The number of rotatable bonds is 12. The SMILES string of the molecule is C=C(c1ccc(OCCCCCc2ccccc2)cc1)[C@@H]1CN[C@@H](C(=O)O)[C@@H]1CC(=O)O. The Kier molecular flexibility index (Phi) is 8.45. The molecule has 0 bridgehead atoms. The van der Waals surface area contributed by atoms with E-state index in [1.54, 1.807) is 0 Å². The lowest BCUT2D eigenvalue weighted by atomic mass is 9.81. The van der Waals surface area contributed by atoms with Crippen LogP contribution in [0, 0.1) is 11.8 Å². The number of carbonyl (C=O) groups is 2. The second kappa shape index (κ2) is 11.5. The van der Waals surface area contributed by atoms with Crippen LogP contribution in [0.15, 0.2) is 61.2 Å². The van der Waals surface area contributed by atoms with Crippen LogP contribution in [0.5, 0.6) is 5.75 Å². The summed E-state index contributed by atoms with van der Waals surface area (Å²) in [5.41, 5.74) is 2.98. The smallest absolute Gasteiger partial charge is 0.321 e. The number of ether oxygens (including phenoxy) is 1. The molecular weight excluding hydrogens is 406 g/mol. The van der Waals surface area contributed by atoms with Crippen molar-refractivity contribution in [3.63, 3.8) is 0 Å². The molecule has 1 heterocycles. The molecule has 1 saturated heterocycles. The Morgan fingerprint density at radius 2 is 1.72 bits per heavy atom. The molecule has 0 amide bonds. The number of benzene rings is 2. The summed E-state index contributed by atoms with van der Waals surface area (Å²) in [7, 11) is 0. The second-order valence-corrected chi connectivity index (χ2v) is 8.29. The molecular formula is C26H31NO5. The zero-order valence-electron chi connectivity index (χ0n) is 18.2. The molecule has 1 aliphatic heterocycles. The number of aliphatic carboxylic acids is 2. The summed E-state index contributed by atoms with van der Waals surface area (Å²) < 4.78 is 5.84. The molecule has 1 fully saturated rings. The highest BCUT2D eigenvalue weighted by molar-refractivity contribution is 5.78. The molecule has 32 heavy (non-hydrogen) atoms. The zero-order valence-corrected chi connectivity index (χ0v) is 18.2. The second-order valence-electron chi connectivity index (χ2n) is 8.29. The van der Waals surface area contributed by atoms with Gasteiger partial charge in [0.25, 0.3) is 0 Å². The number of carboxylic acid groups (broad SMARTS) is 2. The molecule has 6 heteroatoms. The summed E-state index contributed by atoms with van der Waals surface area (Å²) in [5.74, 6) is -2.04. The first-order chi connectivity index (χ1) is 15.5. The fraction of sp³-hybridized carbons (Fsp3) is 0.385. The molecule has 170 valence electrons. The van der Waals surface area contributed by atoms with E-state index in [2.05, 4.69) is 36.2 Å². The molecule has 3 atom stereocenters. The third-order valence-electron chi connectivity index (χ3n) is 6.07. The average Bonchev–Trinajstić information content (AvgIpc) is 3.20. The van der Waals surface area contributed by atoms with Crippen molar-refractivity contribution in [3.05, 3.63) is 72.3 Å². The van der Waals surface area contributed by atoms with E-state index in [-0.39, 0.29) is 12.3 Å². The van der Waals surface area contributed by atoms with Crippen molar-refractivity contribution in [1.29, 1.82) is 0 Å². The van der Waals surface area contributed by atoms with E-state index >= 15 is 0 Å². The maximum atomic E-state index is 11.5. The zero-order chi connectivity index (χ0) is 22.9. The fourth-order valence-electron chi connectivity index (χ4n) is 4.32. The first-order valence-electron chi connectivity index (χ1n) is 11.1. The molecule has 2 aromatic rings. The summed E-state index contributed by atoms with van der Waals surface area (Å²) in [5, 5.41) is 21.5. The maximum Gasteiger partial charge on any atom is 0.321 e. The van der Waals surface area contributed by atoms with Crippen LogP contribution >= 0.6 is 0 Å². The minimum absolute atomic E-state index is 0.209. The van der Waals surface area contributed by atoms with Gasteiger partial charge in [-0.15, -0.1) is 0 Å². The van der Waals surface area contributed by atoms with Crippen molar-refractivity contribution in [2.24, 2.45) is 11.8 Å². The van der Waals surface area contributed by atoms with E-state index in [9.17, 15) is 19.8 Å². The van der Waals surface area contributed by atoms with Gasteiger partial charge >= 0.3 is 11.9 Å². The summed E-state index contributed by atoms with van der Waals surface area (Å²) >= 11 is 0. The van der Waals surface area contributed by atoms with Crippen LogP contribution in [-0.4, -0.2) is 41.3 Å². The Bertz CT molecular complexity index is 910. The lowest BCUT2D eigenvalue weighted by molar-refractivity contribution is -0.142. The van der Waals surface area contributed by atoms with Crippen LogP contribution in [-0.2, 0) is 16.0 Å². The van der Waals surface area contributed by atoms with Gasteiger partial charge in [0.1, 0.15) is 11.8 Å². The summed E-state index contributed by atoms with van der Waals surface area (Å²) in [6, 6.07) is 17.2. The largest absolute Gasteiger partial charge is 0.494 e. The van der Waals surface area contributed by atoms with Gasteiger partial charge in [0.15, 0.2) is 0 Å². The molecule has 0 aliphatic carbocycles. The van der Waals surface area contributed by atoms with Gasteiger partial charge in [0.2, 0.25) is 0 Å². The van der Waals surface area contributed by atoms with Crippen LogP contribution in [0.3, 0.4) is 0 Å².